The van der Waals surface area contributed by atoms with Crippen LogP contribution in [-0.2, 0) is 5.41 Å². The SMILES string of the molecule is CC1CC2CC(C)C3(c4cc(-c5ccc(-c6ccc(C#N)cc6)cc5)ccc4-c4ccc(-c5ccc(-c6nc(-c7ccccc7)nc(-c7ccccc7)n6)cc5)cc43)C(C1)C2. The Hall–Kier alpha value is -6.96. The third-order valence-electron chi connectivity index (χ3n) is 14.1. The Morgan fingerprint density at radius 1 is 0.443 bits per heavy atom. The summed E-state index contributed by atoms with van der Waals surface area (Å²) in [5.74, 6) is 4.65. The van der Waals surface area contributed by atoms with Gasteiger partial charge in [-0.05, 0) is 129 Å². The smallest absolute Gasteiger partial charge is 0.164 e. The normalized spacial score (nSPS) is 21.1. The lowest BCUT2D eigenvalue weighted by Gasteiger charge is -2.54. The van der Waals surface area contributed by atoms with Gasteiger partial charge in [0.15, 0.2) is 17.5 Å². The lowest BCUT2D eigenvalue weighted by atomic mass is 9.49. The van der Waals surface area contributed by atoms with Crippen molar-refractivity contribution in [2.24, 2.45) is 23.7 Å². The fourth-order valence-corrected chi connectivity index (χ4v) is 11.5. The van der Waals surface area contributed by atoms with Crippen molar-refractivity contribution in [2.75, 3.05) is 0 Å². The van der Waals surface area contributed by atoms with E-state index in [-0.39, 0.29) is 5.41 Å². The Bertz CT molecular complexity index is 2890. The first-order valence-electron chi connectivity index (χ1n) is 21.8. The van der Waals surface area contributed by atoms with E-state index in [2.05, 4.69) is 129 Å². The third kappa shape index (κ3) is 6.39. The minimum absolute atomic E-state index is 0.0448. The first-order valence-corrected chi connectivity index (χ1v) is 21.8. The highest BCUT2D eigenvalue weighted by Crippen LogP contribution is 2.65. The quantitative estimate of drug-likeness (QED) is 0.168. The van der Waals surface area contributed by atoms with Gasteiger partial charge in [-0.3, -0.25) is 0 Å². The van der Waals surface area contributed by atoms with Gasteiger partial charge in [-0.25, -0.2) is 15.0 Å². The van der Waals surface area contributed by atoms with E-state index in [1.54, 1.807) is 0 Å². The fourth-order valence-electron chi connectivity index (χ4n) is 11.5. The van der Waals surface area contributed by atoms with Crippen molar-refractivity contribution in [1.29, 1.82) is 5.26 Å². The largest absolute Gasteiger partial charge is 0.208 e. The van der Waals surface area contributed by atoms with Crippen molar-refractivity contribution in [2.45, 2.75) is 44.9 Å². The van der Waals surface area contributed by atoms with Crippen molar-refractivity contribution >= 4 is 0 Å². The molecule has 0 saturated heterocycles. The second kappa shape index (κ2) is 14.9. The van der Waals surface area contributed by atoms with Gasteiger partial charge in [0, 0.05) is 22.1 Å². The highest BCUT2D eigenvalue weighted by molar-refractivity contribution is 5.87. The van der Waals surface area contributed by atoms with Gasteiger partial charge in [0.2, 0.25) is 0 Å². The molecule has 0 amide bonds. The summed E-state index contributed by atoms with van der Waals surface area (Å²) in [6.45, 7) is 5.04. The predicted octanol–water partition coefficient (Wildman–Crippen LogP) is 14.1. The average Bonchev–Trinajstić information content (AvgIpc) is 3.61. The first-order chi connectivity index (χ1) is 29.9. The monoisotopic (exact) mass is 786 g/mol. The zero-order valence-corrected chi connectivity index (χ0v) is 34.6. The number of aromatic nitrogens is 3. The number of benzene rings is 7. The van der Waals surface area contributed by atoms with Crippen LogP contribution >= 0.6 is 0 Å². The zero-order chi connectivity index (χ0) is 41.1. The van der Waals surface area contributed by atoms with E-state index in [4.69, 9.17) is 15.0 Å². The third-order valence-corrected chi connectivity index (χ3v) is 14.1. The molecule has 1 heterocycles. The maximum atomic E-state index is 9.28. The van der Waals surface area contributed by atoms with Gasteiger partial charge in [0.1, 0.15) is 0 Å². The maximum absolute atomic E-state index is 9.28. The molecule has 0 aliphatic heterocycles. The molecule has 3 aliphatic rings. The highest BCUT2D eigenvalue weighted by atomic mass is 15.0. The molecule has 8 aromatic rings. The molecule has 3 aliphatic carbocycles. The van der Waals surface area contributed by atoms with Gasteiger partial charge >= 0.3 is 0 Å². The molecule has 5 atom stereocenters. The van der Waals surface area contributed by atoms with E-state index in [0.717, 1.165) is 39.7 Å². The van der Waals surface area contributed by atoms with Gasteiger partial charge in [-0.2, -0.15) is 5.26 Å². The topological polar surface area (TPSA) is 62.5 Å². The average molecular weight is 787 g/mol. The number of fused-ring (bicyclic) bond motifs is 8. The van der Waals surface area contributed by atoms with Crippen molar-refractivity contribution in [3.05, 3.63) is 187 Å². The summed E-state index contributed by atoms with van der Waals surface area (Å²) in [7, 11) is 0. The zero-order valence-electron chi connectivity index (χ0n) is 34.6. The van der Waals surface area contributed by atoms with Crippen molar-refractivity contribution in [1.82, 2.24) is 15.0 Å². The standard InChI is InChI=1S/C57H46N4/c1-36-29-39-31-37(2)57(49(30-36)32-39)52-33-47(42-19-17-41(18-20-42)40-15-13-38(35-58)14-16-40)25-27-50(52)51-28-26-48(34-53(51)57)43-21-23-46(24-22-43)56-60-54(44-9-5-3-6-10-44)59-55(61-56)45-11-7-4-8-12-45/h3-28,33-34,36-37,39,49H,29-32H2,1-2H3. The van der Waals surface area contributed by atoms with Gasteiger partial charge in [0.25, 0.3) is 0 Å². The molecular formula is C57H46N4. The molecule has 0 N–H and O–H groups in total. The second-order valence-corrected chi connectivity index (χ2v) is 17.8. The molecule has 61 heavy (non-hydrogen) atoms. The number of hydrogen-bond donors (Lipinski definition) is 0. The molecule has 0 radical (unpaired) electrons. The number of hydrogen-bond acceptors (Lipinski definition) is 4. The van der Waals surface area contributed by atoms with Crippen LogP contribution in [0, 0.1) is 35.0 Å². The molecule has 4 nitrogen and oxygen atoms in total. The van der Waals surface area contributed by atoms with Crippen LogP contribution in [0.1, 0.15) is 56.2 Å². The van der Waals surface area contributed by atoms with Gasteiger partial charge in [-0.1, -0.05) is 159 Å². The van der Waals surface area contributed by atoms with Crippen LogP contribution in [0.25, 0.3) is 78.7 Å². The molecule has 5 unspecified atom stereocenters. The van der Waals surface area contributed by atoms with E-state index >= 15 is 0 Å². The van der Waals surface area contributed by atoms with Crippen LogP contribution in [-0.4, -0.2) is 15.0 Å². The van der Waals surface area contributed by atoms with E-state index < -0.39 is 0 Å². The number of nitriles is 1. The van der Waals surface area contributed by atoms with Crippen LogP contribution in [0.5, 0.6) is 0 Å². The van der Waals surface area contributed by atoms with E-state index in [0.29, 0.717) is 34.9 Å². The van der Waals surface area contributed by atoms with Crippen LogP contribution < -0.4 is 0 Å². The minimum atomic E-state index is -0.0448. The predicted molar refractivity (Wildman–Crippen MR) is 247 cm³/mol. The van der Waals surface area contributed by atoms with Gasteiger partial charge < -0.3 is 0 Å². The Kier molecular flexibility index (Phi) is 9.08. The summed E-state index contributed by atoms with van der Waals surface area (Å²) in [6.07, 6.45) is 5.20. The number of nitrogens with zero attached hydrogens (tertiary/aromatic N) is 4. The van der Waals surface area contributed by atoms with Gasteiger partial charge in [0.05, 0.1) is 11.6 Å². The molecule has 2 saturated carbocycles. The minimum Gasteiger partial charge on any atom is -0.208 e. The van der Waals surface area contributed by atoms with Crippen molar-refractivity contribution in [3.8, 4) is 84.7 Å². The molecule has 2 bridgehead atoms. The lowest BCUT2D eigenvalue weighted by molar-refractivity contribution is 0.0426. The Balaban J connectivity index is 0.974. The van der Waals surface area contributed by atoms with E-state index in [9.17, 15) is 5.26 Å². The van der Waals surface area contributed by atoms with E-state index in [1.807, 2.05) is 60.7 Å². The molecule has 11 rings (SSSR count). The Labute approximate surface area is 358 Å². The highest BCUT2D eigenvalue weighted by Gasteiger charge is 2.56. The summed E-state index contributed by atoms with van der Waals surface area (Å²) in [5.41, 5.74) is 16.6. The summed E-state index contributed by atoms with van der Waals surface area (Å²) in [4.78, 5) is 14.9. The lowest BCUT2D eigenvalue weighted by Crippen LogP contribution is -2.49. The van der Waals surface area contributed by atoms with E-state index in [1.165, 1.54) is 70.2 Å². The summed E-state index contributed by atoms with van der Waals surface area (Å²) in [5, 5.41) is 9.28. The second-order valence-electron chi connectivity index (χ2n) is 17.8. The van der Waals surface area contributed by atoms with Crippen molar-refractivity contribution in [3.63, 3.8) is 0 Å². The number of rotatable bonds is 6. The summed E-state index contributed by atoms with van der Waals surface area (Å²) in [6, 6.07) is 62.8. The van der Waals surface area contributed by atoms with Crippen LogP contribution in [0.15, 0.2) is 170 Å². The van der Waals surface area contributed by atoms with Crippen LogP contribution in [0.3, 0.4) is 0 Å². The molecule has 2 fully saturated rings. The summed E-state index contributed by atoms with van der Waals surface area (Å²) < 4.78 is 0. The van der Waals surface area contributed by atoms with Crippen LogP contribution in [0.4, 0.5) is 0 Å². The molecule has 1 spiro atoms. The molecule has 294 valence electrons. The first kappa shape index (κ1) is 37.1. The summed E-state index contributed by atoms with van der Waals surface area (Å²) >= 11 is 0. The molecule has 4 heteroatoms. The molecule has 7 aromatic carbocycles. The fraction of sp³-hybridized carbons (Fsp3) is 0.193. The maximum Gasteiger partial charge on any atom is 0.164 e. The van der Waals surface area contributed by atoms with Crippen LogP contribution in [0.2, 0.25) is 0 Å². The molecular weight excluding hydrogens is 741 g/mol. The Morgan fingerprint density at radius 2 is 0.852 bits per heavy atom. The molecule has 1 aromatic heterocycles. The Morgan fingerprint density at radius 3 is 1.33 bits per heavy atom. The van der Waals surface area contributed by atoms with Gasteiger partial charge in [-0.15, -0.1) is 0 Å². The van der Waals surface area contributed by atoms with Crippen molar-refractivity contribution < 1.29 is 0 Å².